The fraction of sp³-hybridized carbons (Fsp3) is 0. The van der Waals surface area contributed by atoms with Gasteiger partial charge in [-0.25, -0.2) is 0 Å². The lowest BCUT2D eigenvalue weighted by Crippen LogP contribution is -1.86. The van der Waals surface area contributed by atoms with Crippen molar-refractivity contribution in [3.63, 3.8) is 0 Å². The van der Waals surface area contributed by atoms with Crippen LogP contribution in [0.25, 0.3) is 0 Å². The number of para-hydroxylation sites is 1. The highest BCUT2D eigenvalue weighted by Gasteiger charge is 2.22. The van der Waals surface area contributed by atoms with Crippen LogP contribution in [0, 0.1) is 11.1 Å². The molecule has 0 N–H and O–H groups in total. The zero-order valence-electron chi connectivity index (χ0n) is 7.43. The Morgan fingerprint density at radius 2 is 2.07 bits per heavy atom. The van der Waals surface area contributed by atoms with Gasteiger partial charge in [-0.05, 0) is 12.1 Å². The van der Waals surface area contributed by atoms with Gasteiger partial charge in [0.15, 0.2) is 22.9 Å². The first-order chi connectivity index (χ1) is 7.35. The molecule has 1 atom stereocenters. The summed E-state index contributed by atoms with van der Waals surface area (Å²) >= 11 is 0. The summed E-state index contributed by atoms with van der Waals surface area (Å²) < 4.78 is 17.5. The van der Waals surface area contributed by atoms with Crippen molar-refractivity contribution in [2.24, 2.45) is 13.5 Å². The van der Waals surface area contributed by atoms with Crippen molar-refractivity contribution in [3.8, 4) is 11.6 Å². The van der Waals surface area contributed by atoms with Gasteiger partial charge in [0.2, 0.25) is 0 Å². The van der Waals surface area contributed by atoms with Crippen LogP contribution in [0.1, 0.15) is 0 Å². The van der Waals surface area contributed by atoms with Crippen molar-refractivity contribution >= 4 is 24.5 Å². The Morgan fingerprint density at radius 1 is 1.27 bits per heavy atom. The lowest BCUT2D eigenvalue weighted by atomic mass is 10.3. The Kier molecular flexibility index (Phi) is 3.23. The normalized spacial score (nSPS) is 25.0. The summed E-state index contributed by atoms with van der Waals surface area (Å²) in [7, 11) is -1.61. The van der Waals surface area contributed by atoms with Crippen molar-refractivity contribution < 1.29 is 4.52 Å². The van der Waals surface area contributed by atoms with Crippen molar-refractivity contribution in [3.05, 3.63) is 30.3 Å². The maximum absolute atomic E-state index is 9.04. The van der Waals surface area contributed by atoms with Crippen LogP contribution in [0.5, 0.6) is 5.75 Å². The molecule has 15 heavy (non-hydrogen) atoms. The van der Waals surface area contributed by atoms with Crippen LogP contribution in [0.2, 0.25) is 0 Å². The molecule has 0 aliphatic carbocycles. The Balaban J connectivity index is 2.33. The second-order valence-corrected chi connectivity index (χ2v) is 6.47. The largest absolute Gasteiger partial charge is 0.431 e. The molecule has 5 nitrogen and oxygen atoms in total. The van der Waals surface area contributed by atoms with Crippen molar-refractivity contribution in [1.82, 2.24) is 0 Å². The second-order valence-electron chi connectivity index (χ2n) is 2.50. The number of nitrogens with zero attached hydrogens (tertiary/aromatic N) is 4. The molecule has 1 aliphatic heterocycles. The van der Waals surface area contributed by atoms with Crippen LogP contribution in [0.15, 0.2) is 43.9 Å². The molecule has 0 bridgehead atoms. The van der Waals surface area contributed by atoms with Gasteiger partial charge in [-0.1, -0.05) is 18.2 Å². The summed E-state index contributed by atoms with van der Waals surface area (Å²) in [5.41, 5.74) is 0. The summed E-state index contributed by atoms with van der Waals surface area (Å²) in [6, 6.07) is 9.12. The summed E-state index contributed by atoms with van der Waals surface area (Å²) in [6.45, 7) is 0. The molecule has 1 unspecified atom stereocenters. The molecule has 0 radical (unpaired) electrons. The first kappa shape index (κ1) is 10.5. The predicted octanol–water partition coefficient (Wildman–Crippen LogP) is 4.68. The summed E-state index contributed by atoms with van der Waals surface area (Å²) in [5, 5.41) is 9.04. The minimum Gasteiger partial charge on any atom is -0.431 e. The van der Waals surface area contributed by atoms with Gasteiger partial charge in [0, 0.05) is 0 Å². The minimum atomic E-state index is -2.66. The highest BCUT2D eigenvalue weighted by atomic mass is 31.2. The van der Waals surface area contributed by atoms with Gasteiger partial charge in [0.05, 0.1) is 0 Å². The van der Waals surface area contributed by atoms with Crippen LogP contribution in [0.4, 0.5) is 0 Å². The smallest absolute Gasteiger partial charge is 0.364 e. The molecule has 1 aromatic carbocycles. The fourth-order valence-electron chi connectivity index (χ4n) is 0.905. The van der Waals surface area contributed by atoms with E-state index in [1.165, 1.54) is 0 Å². The topological polar surface area (TPSA) is 70.1 Å². The standard InChI is InChI=1S/C7H5N4OP3/c8-6-15(10-13-9-14-11-15)12-7-4-2-1-3-5-7/h1-5H. The van der Waals surface area contributed by atoms with Crippen molar-refractivity contribution in [2.45, 2.75) is 0 Å². The third-order valence-electron chi connectivity index (χ3n) is 1.51. The van der Waals surface area contributed by atoms with Gasteiger partial charge in [0.1, 0.15) is 5.75 Å². The summed E-state index contributed by atoms with van der Waals surface area (Å²) in [6.07, 6.45) is 0. The number of nitriles is 1. The van der Waals surface area contributed by atoms with E-state index in [-0.39, 0.29) is 0 Å². The Labute approximate surface area is 90.2 Å². The van der Waals surface area contributed by atoms with Gasteiger partial charge < -0.3 is 4.52 Å². The van der Waals surface area contributed by atoms with E-state index < -0.39 is 7.43 Å². The molecule has 74 valence electrons. The summed E-state index contributed by atoms with van der Waals surface area (Å²) in [4.78, 5) is 0. The maximum Gasteiger partial charge on any atom is 0.364 e. The Hall–Kier alpha value is -1.06. The predicted molar refractivity (Wildman–Crippen MR) is 60.7 cm³/mol. The second kappa shape index (κ2) is 4.64. The van der Waals surface area contributed by atoms with Crippen LogP contribution in [0.3, 0.4) is 0 Å². The molecule has 1 aromatic rings. The first-order valence-electron chi connectivity index (χ1n) is 3.94. The quantitative estimate of drug-likeness (QED) is 0.718. The summed E-state index contributed by atoms with van der Waals surface area (Å²) in [5.74, 6) is 2.67. The molecular formula is C7H5N4OP3. The minimum absolute atomic E-state index is 0.524. The molecule has 0 saturated heterocycles. The SMILES string of the molecule is N#CP1(Oc2ccccc2)=NP=NP=N1. The van der Waals surface area contributed by atoms with Gasteiger partial charge in [0.25, 0.3) is 0 Å². The lowest BCUT2D eigenvalue weighted by Gasteiger charge is -2.12. The highest BCUT2D eigenvalue weighted by molar-refractivity contribution is 7.72. The van der Waals surface area contributed by atoms with Crippen LogP contribution >= 0.6 is 24.5 Å². The molecule has 0 amide bonds. The molecule has 1 heterocycles. The van der Waals surface area contributed by atoms with Gasteiger partial charge in [-0.2, -0.15) is 18.8 Å². The maximum atomic E-state index is 9.04. The molecule has 2 rings (SSSR count). The van der Waals surface area contributed by atoms with E-state index in [1.807, 2.05) is 24.0 Å². The van der Waals surface area contributed by atoms with E-state index in [9.17, 15) is 0 Å². The number of hydrogen-bond donors (Lipinski definition) is 0. The Bertz CT molecular complexity index is 505. The van der Waals surface area contributed by atoms with Crippen molar-refractivity contribution in [1.29, 1.82) is 5.26 Å². The van der Waals surface area contributed by atoms with Gasteiger partial charge in [-0.15, -0.1) is 0 Å². The molecule has 0 aromatic heterocycles. The molecule has 1 aliphatic rings. The number of benzene rings is 1. The first-order valence-corrected chi connectivity index (χ1v) is 7.16. The molecule has 0 fully saturated rings. The zero-order chi connectivity index (χ0) is 10.6. The molecule has 0 spiro atoms. The molecule has 8 heteroatoms. The average molecular weight is 254 g/mol. The van der Waals surface area contributed by atoms with Crippen molar-refractivity contribution in [2.75, 3.05) is 0 Å². The van der Waals surface area contributed by atoms with Crippen LogP contribution in [-0.2, 0) is 0 Å². The van der Waals surface area contributed by atoms with Gasteiger partial charge in [-0.3, -0.25) is 0 Å². The van der Waals surface area contributed by atoms with E-state index in [4.69, 9.17) is 9.79 Å². The lowest BCUT2D eigenvalue weighted by molar-refractivity contribution is 0.615. The Morgan fingerprint density at radius 3 is 2.67 bits per heavy atom. The van der Waals surface area contributed by atoms with E-state index >= 15 is 0 Å². The van der Waals surface area contributed by atoms with E-state index in [0.29, 0.717) is 22.8 Å². The monoisotopic (exact) mass is 254 g/mol. The zero-order valence-corrected chi connectivity index (χ0v) is 10.1. The highest BCUT2D eigenvalue weighted by Crippen LogP contribution is 2.57. The number of hydrogen-bond acceptors (Lipinski definition) is 5. The number of rotatable bonds is 2. The van der Waals surface area contributed by atoms with Crippen LogP contribution < -0.4 is 4.52 Å². The average Bonchev–Trinajstić information content (AvgIpc) is 2.32. The third kappa shape index (κ3) is 2.49. The van der Waals surface area contributed by atoms with Gasteiger partial charge >= 0.3 is 7.43 Å². The fourth-order valence-corrected chi connectivity index (χ4v) is 4.38. The van der Waals surface area contributed by atoms with Crippen LogP contribution in [-0.4, -0.2) is 0 Å². The van der Waals surface area contributed by atoms with E-state index in [1.54, 1.807) is 12.1 Å². The molecular weight excluding hydrogens is 249 g/mol. The molecule has 0 saturated carbocycles. The third-order valence-corrected chi connectivity index (χ3v) is 5.45. The van der Waals surface area contributed by atoms with E-state index in [2.05, 4.69) is 13.5 Å². The van der Waals surface area contributed by atoms with E-state index in [0.717, 1.165) is 0 Å².